The van der Waals surface area contributed by atoms with Gasteiger partial charge in [0.15, 0.2) is 5.82 Å². The normalized spacial score (nSPS) is 16.0. The molecule has 1 aliphatic rings. The summed E-state index contributed by atoms with van der Waals surface area (Å²) in [6.45, 7) is 8.08. The maximum Gasteiger partial charge on any atom is 0.410 e. The fraction of sp³-hybridized carbons (Fsp3) is 0.571. The van der Waals surface area contributed by atoms with Gasteiger partial charge in [0.25, 0.3) is 0 Å². The molecule has 116 valence electrons. The van der Waals surface area contributed by atoms with Crippen molar-refractivity contribution < 1.29 is 9.53 Å². The van der Waals surface area contributed by atoms with Crippen LogP contribution in [0.4, 0.5) is 16.3 Å². The van der Waals surface area contributed by atoms with Gasteiger partial charge >= 0.3 is 6.09 Å². The molecule has 0 saturated carbocycles. The van der Waals surface area contributed by atoms with Gasteiger partial charge in [-0.2, -0.15) is 0 Å². The lowest BCUT2D eigenvalue weighted by Crippen LogP contribution is -2.50. The van der Waals surface area contributed by atoms with Crippen molar-refractivity contribution in [2.75, 3.05) is 36.8 Å². The van der Waals surface area contributed by atoms with Gasteiger partial charge < -0.3 is 20.3 Å². The number of nitrogens with zero attached hydrogens (tertiary/aromatic N) is 3. The van der Waals surface area contributed by atoms with Gasteiger partial charge in [0, 0.05) is 32.4 Å². The summed E-state index contributed by atoms with van der Waals surface area (Å²) in [7, 11) is 0. The summed E-state index contributed by atoms with van der Waals surface area (Å²) in [5.41, 5.74) is 6.01. The lowest BCUT2D eigenvalue weighted by atomic mass is 10.2. The molecule has 0 bridgehead atoms. The molecule has 0 unspecified atom stereocenters. The van der Waals surface area contributed by atoms with Crippen LogP contribution < -0.4 is 10.6 Å². The Hall–Kier alpha value is -1.69. The summed E-state index contributed by atoms with van der Waals surface area (Å²) in [5.74, 6) is 0.711. The van der Waals surface area contributed by atoms with Crippen molar-refractivity contribution in [1.29, 1.82) is 0 Å². The Labute approximate surface area is 129 Å². The quantitative estimate of drug-likeness (QED) is 0.862. The molecule has 0 radical (unpaired) electrons. The number of nitrogens with two attached hydrogens (primary N) is 1. The monoisotopic (exact) mass is 312 g/mol. The summed E-state index contributed by atoms with van der Waals surface area (Å²) >= 11 is 5.85. The van der Waals surface area contributed by atoms with E-state index in [9.17, 15) is 4.79 Å². The molecule has 1 fully saturated rings. The van der Waals surface area contributed by atoms with Gasteiger partial charge in [-0.15, -0.1) is 0 Å². The zero-order valence-electron chi connectivity index (χ0n) is 12.6. The Kier molecular flexibility index (Phi) is 4.46. The number of hydrogen-bond donors (Lipinski definition) is 1. The standard InChI is InChI=1S/C14H21ClN4O2/c1-14(2,3)21-13(20)19-6-4-18(5-7-19)12-11(16)8-10(15)9-17-12/h8-9H,4-7,16H2,1-3H3. The van der Waals surface area contributed by atoms with Crippen molar-refractivity contribution >= 4 is 29.2 Å². The van der Waals surface area contributed by atoms with E-state index >= 15 is 0 Å². The summed E-state index contributed by atoms with van der Waals surface area (Å²) < 4.78 is 5.37. The fourth-order valence-electron chi connectivity index (χ4n) is 2.14. The first-order chi connectivity index (χ1) is 9.76. The highest BCUT2D eigenvalue weighted by molar-refractivity contribution is 6.30. The number of carbonyl (C=O) groups excluding carboxylic acids is 1. The number of hydrogen-bond acceptors (Lipinski definition) is 5. The van der Waals surface area contributed by atoms with Crippen molar-refractivity contribution in [1.82, 2.24) is 9.88 Å². The number of rotatable bonds is 1. The molecule has 0 aliphatic carbocycles. The molecule has 1 amide bonds. The minimum absolute atomic E-state index is 0.279. The van der Waals surface area contributed by atoms with Crippen LogP contribution in [0.5, 0.6) is 0 Å². The largest absolute Gasteiger partial charge is 0.444 e. The number of amides is 1. The van der Waals surface area contributed by atoms with Crippen LogP contribution in [-0.2, 0) is 4.74 Å². The number of nitrogen functional groups attached to an aromatic ring is 1. The predicted molar refractivity (Wildman–Crippen MR) is 83.7 cm³/mol. The number of anilines is 2. The molecule has 1 saturated heterocycles. The van der Waals surface area contributed by atoms with E-state index in [1.54, 1.807) is 17.2 Å². The Balaban J connectivity index is 1.95. The van der Waals surface area contributed by atoms with Crippen molar-refractivity contribution in [3.8, 4) is 0 Å². The van der Waals surface area contributed by atoms with E-state index in [0.717, 1.165) is 0 Å². The zero-order chi connectivity index (χ0) is 15.6. The highest BCUT2D eigenvalue weighted by Gasteiger charge is 2.26. The number of halogens is 1. The third kappa shape index (κ3) is 4.14. The van der Waals surface area contributed by atoms with E-state index in [1.165, 1.54) is 0 Å². The molecule has 2 heterocycles. The lowest BCUT2D eigenvalue weighted by molar-refractivity contribution is 0.0240. The van der Waals surface area contributed by atoms with E-state index in [2.05, 4.69) is 4.98 Å². The minimum atomic E-state index is -0.476. The van der Waals surface area contributed by atoms with Crippen LogP contribution in [0, 0.1) is 0 Å². The molecular weight excluding hydrogens is 292 g/mol. The van der Waals surface area contributed by atoms with E-state index in [-0.39, 0.29) is 6.09 Å². The number of carbonyl (C=O) groups is 1. The van der Waals surface area contributed by atoms with Crippen LogP contribution in [0.15, 0.2) is 12.3 Å². The molecule has 0 aromatic carbocycles. The van der Waals surface area contributed by atoms with Gasteiger partial charge in [-0.05, 0) is 26.8 Å². The number of aromatic nitrogens is 1. The Morgan fingerprint density at radius 2 is 1.95 bits per heavy atom. The highest BCUT2D eigenvalue weighted by atomic mass is 35.5. The smallest absolute Gasteiger partial charge is 0.410 e. The fourth-order valence-corrected chi connectivity index (χ4v) is 2.31. The first kappa shape index (κ1) is 15.7. The number of ether oxygens (including phenoxy) is 1. The third-order valence-electron chi connectivity index (χ3n) is 3.09. The zero-order valence-corrected chi connectivity index (χ0v) is 13.4. The molecule has 0 spiro atoms. The first-order valence-electron chi connectivity index (χ1n) is 6.90. The van der Waals surface area contributed by atoms with Crippen molar-refractivity contribution in [2.45, 2.75) is 26.4 Å². The van der Waals surface area contributed by atoms with Crippen molar-refractivity contribution in [3.63, 3.8) is 0 Å². The summed E-state index contributed by atoms with van der Waals surface area (Å²) in [6, 6.07) is 1.68. The van der Waals surface area contributed by atoms with Crippen LogP contribution in [0.25, 0.3) is 0 Å². The Morgan fingerprint density at radius 3 is 2.48 bits per heavy atom. The minimum Gasteiger partial charge on any atom is -0.444 e. The van der Waals surface area contributed by atoms with Crippen molar-refractivity contribution in [2.24, 2.45) is 0 Å². The highest BCUT2D eigenvalue weighted by Crippen LogP contribution is 2.24. The van der Waals surface area contributed by atoms with Crippen molar-refractivity contribution in [3.05, 3.63) is 17.3 Å². The maximum absolute atomic E-state index is 12.0. The second kappa shape index (κ2) is 5.97. The van der Waals surface area contributed by atoms with Gasteiger partial charge in [-0.25, -0.2) is 9.78 Å². The summed E-state index contributed by atoms with van der Waals surface area (Å²) in [5, 5.41) is 0.517. The Bertz CT molecular complexity index is 522. The number of piperazine rings is 1. The molecule has 21 heavy (non-hydrogen) atoms. The molecular formula is C14H21ClN4O2. The van der Waals surface area contributed by atoms with Crippen LogP contribution in [0.2, 0.25) is 5.02 Å². The van der Waals surface area contributed by atoms with Crippen LogP contribution in [0.3, 0.4) is 0 Å². The molecule has 0 atom stereocenters. The van der Waals surface area contributed by atoms with Gasteiger partial charge in [-0.1, -0.05) is 11.6 Å². The van der Waals surface area contributed by atoms with E-state index in [1.807, 2.05) is 25.7 Å². The van der Waals surface area contributed by atoms with E-state index in [4.69, 9.17) is 22.1 Å². The van der Waals surface area contributed by atoms with E-state index < -0.39 is 5.60 Å². The third-order valence-corrected chi connectivity index (χ3v) is 3.30. The predicted octanol–water partition coefficient (Wildman–Crippen LogP) is 2.37. The second-order valence-corrected chi connectivity index (χ2v) is 6.46. The molecule has 6 nitrogen and oxygen atoms in total. The van der Waals surface area contributed by atoms with Gasteiger partial charge in [0.1, 0.15) is 5.60 Å². The van der Waals surface area contributed by atoms with Crippen LogP contribution in [0.1, 0.15) is 20.8 Å². The molecule has 1 aliphatic heterocycles. The van der Waals surface area contributed by atoms with Crippen LogP contribution in [-0.4, -0.2) is 47.8 Å². The van der Waals surface area contributed by atoms with Gasteiger partial charge in [0.2, 0.25) is 0 Å². The van der Waals surface area contributed by atoms with Gasteiger partial charge in [-0.3, -0.25) is 0 Å². The van der Waals surface area contributed by atoms with Gasteiger partial charge in [0.05, 0.1) is 10.7 Å². The lowest BCUT2D eigenvalue weighted by Gasteiger charge is -2.36. The SMILES string of the molecule is CC(C)(C)OC(=O)N1CCN(c2ncc(Cl)cc2N)CC1. The maximum atomic E-state index is 12.0. The van der Waals surface area contributed by atoms with Crippen LogP contribution >= 0.6 is 11.6 Å². The average molecular weight is 313 g/mol. The second-order valence-electron chi connectivity index (χ2n) is 6.02. The Morgan fingerprint density at radius 1 is 1.33 bits per heavy atom. The average Bonchev–Trinajstić information content (AvgIpc) is 2.37. The number of pyridine rings is 1. The topological polar surface area (TPSA) is 71.7 Å². The molecule has 2 N–H and O–H groups in total. The summed E-state index contributed by atoms with van der Waals surface area (Å²) in [4.78, 5) is 20.0. The first-order valence-corrected chi connectivity index (χ1v) is 7.28. The molecule has 2 rings (SSSR count). The van der Waals surface area contributed by atoms with E-state index in [0.29, 0.717) is 42.7 Å². The molecule has 1 aromatic rings. The molecule has 7 heteroatoms. The molecule has 1 aromatic heterocycles. The summed E-state index contributed by atoms with van der Waals surface area (Å²) in [6.07, 6.45) is 1.30.